The molecule has 0 fully saturated rings. The summed E-state index contributed by atoms with van der Waals surface area (Å²) in [7, 11) is 0. The van der Waals surface area contributed by atoms with E-state index in [0.717, 1.165) is 6.26 Å². The summed E-state index contributed by atoms with van der Waals surface area (Å²) in [6, 6.07) is 0. The molecule has 0 aromatic heterocycles. The van der Waals surface area contributed by atoms with Crippen molar-refractivity contribution in [1.82, 2.24) is 0 Å². The highest BCUT2D eigenvalue weighted by molar-refractivity contribution is 4.77. The van der Waals surface area contributed by atoms with Crippen LogP contribution in [0.5, 0.6) is 0 Å². The first-order valence-corrected chi connectivity index (χ1v) is 3.82. The van der Waals surface area contributed by atoms with E-state index in [9.17, 15) is 0 Å². The van der Waals surface area contributed by atoms with Gasteiger partial charge < -0.3 is 20.4 Å². The van der Waals surface area contributed by atoms with Gasteiger partial charge in [-0.05, 0) is 26.3 Å². The van der Waals surface area contributed by atoms with Crippen LogP contribution in [0.1, 0.15) is 20.3 Å². The van der Waals surface area contributed by atoms with E-state index in [1.54, 1.807) is 13.8 Å². The fourth-order valence-electron chi connectivity index (χ4n) is 0.311. The van der Waals surface area contributed by atoms with Gasteiger partial charge in [-0.1, -0.05) is 0 Å². The van der Waals surface area contributed by atoms with E-state index in [1.807, 2.05) is 0 Å². The van der Waals surface area contributed by atoms with Crippen LogP contribution in [0.4, 0.5) is 0 Å². The van der Waals surface area contributed by atoms with Crippen LogP contribution in [0.3, 0.4) is 0 Å². The fourth-order valence-corrected chi connectivity index (χ4v) is 0.311. The maximum atomic E-state index is 8.39. The molecule has 2 unspecified atom stereocenters. The zero-order valence-electron chi connectivity index (χ0n) is 7.51. The van der Waals surface area contributed by atoms with Gasteiger partial charge in [0.1, 0.15) is 0 Å². The summed E-state index contributed by atoms with van der Waals surface area (Å²) >= 11 is 0. The Morgan fingerprint density at radius 3 is 1.75 bits per heavy atom. The first-order valence-electron chi connectivity index (χ1n) is 3.82. The molecule has 2 atom stereocenters. The Labute approximate surface area is 72.8 Å². The summed E-state index contributed by atoms with van der Waals surface area (Å²) in [4.78, 5) is 0. The number of aliphatic hydroxyl groups is 4. The molecular formula is C8H18O4. The van der Waals surface area contributed by atoms with Crippen LogP contribution >= 0.6 is 0 Å². The van der Waals surface area contributed by atoms with Gasteiger partial charge in [0.2, 0.25) is 0 Å². The van der Waals surface area contributed by atoms with E-state index >= 15 is 0 Å². The lowest BCUT2D eigenvalue weighted by molar-refractivity contribution is 0.148. The van der Waals surface area contributed by atoms with Gasteiger partial charge in [0.25, 0.3) is 0 Å². The van der Waals surface area contributed by atoms with Crippen LogP contribution in [0.15, 0.2) is 12.3 Å². The van der Waals surface area contributed by atoms with Gasteiger partial charge in [0.15, 0.2) is 0 Å². The molecule has 4 N–H and O–H groups in total. The van der Waals surface area contributed by atoms with Crippen molar-refractivity contribution in [3.05, 3.63) is 12.3 Å². The van der Waals surface area contributed by atoms with Crippen LogP contribution in [-0.4, -0.2) is 39.2 Å². The number of aliphatic hydroxyl groups excluding tert-OH is 4. The Morgan fingerprint density at radius 2 is 1.75 bits per heavy atom. The summed E-state index contributed by atoms with van der Waals surface area (Å²) in [6.45, 7) is 3.29. The minimum Gasteiger partial charge on any atom is -0.516 e. The van der Waals surface area contributed by atoms with Gasteiger partial charge in [0, 0.05) is 6.61 Å². The first kappa shape index (κ1) is 14.0. The highest BCUT2D eigenvalue weighted by atomic mass is 16.3. The average molecular weight is 178 g/mol. The molecule has 0 rings (SSSR count). The largest absolute Gasteiger partial charge is 0.516 e. The third-order valence-electron chi connectivity index (χ3n) is 0.911. The molecule has 0 aliphatic heterocycles. The predicted molar refractivity (Wildman–Crippen MR) is 46.8 cm³/mol. The van der Waals surface area contributed by atoms with Gasteiger partial charge in [0.05, 0.1) is 18.5 Å². The Balaban J connectivity index is 0. The van der Waals surface area contributed by atoms with Crippen molar-refractivity contribution < 1.29 is 20.4 Å². The standard InChI is InChI=1S/C4H10O2.C4H8O2/c2*1-4(6)2-3-5/h4-6H,2-3H2,1H3;2-6H,1H3. The smallest absolute Gasteiger partial charge is 0.0777 e. The molecule has 0 spiro atoms. The molecule has 0 radical (unpaired) electrons. The van der Waals surface area contributed by atoms with Crippen molar-refractivity contribution in [3.63, 3.8) is 0 Å². The topological polar surface area (TPSA) is 80.9 Å². The molecule has 74 valence electrons. The maximum Gasteiger partial charge on any atom is 0.0777 e. The monoisotopic (exact) mass is 178 g/mol. The predicted octanol–water partition coefficient (Wildman–Crippen LogP) is 0.188. The van der Waals surface area contributed by atoms with Crippen LogP contribution in [-0.2, 0) is 0 Å². The lowest BCUT2D eigenvalue weighted by atomic mass is 10.3. The minimum absolute atomic E-state index is 0.0810. The molecule has 4 heteroatoms. The summed E-state index contributed by atoms with van der Waals surface area (Å²) in [5.41, 5.74) is 0. The van der Waals surface area contributed by atoms with Crippen molar-refractivity contribution in [1.29, 1.82) is 0 Å². The Hall–Kier alpha value is -0.580. The zero-order chi connectivity index (χ0) is 9.98. The normalized spacial score (nSPS) is 15.1. The van der Waals surface area contributed by atoms with Crippen molar-refractivity contribution in [2.75, 3.05) is 6.61 Å². The van der Waals surface area contributed by atoms with E-state index in [0.29, 0.717) is 6.42 Å². The maximum absolute atomic E-state index is 8.39. The molecule has 4 nitrogen and oxygen atoms in total. The third kappa shape index (κ3) is 22.7. The highest BCUT2D eigenvalue weighted by Gasteiger charge is 1.88. The molecule has 0 aromatic carbocycles. The molecular weight excluding hydrogens is 160 g/mol. The molecule has 0 aliphatic rings. The van der Waals surface area contributed by atoms with Crippen molar-refractivity contribution in [3.8, 4) is 0 Å². The van der Waals surface area contributed by atoms with E-state index in [1.165, 1.54) is 6.08 Å². The van der Waals surface area contributed by atoms with Gasteiger partial charge in [-0.25, -0.2) is 0 Å². The molecule has 0 heterocycles. The average Bonchev–Trinajstić information content (AvgIpc) is 1.87. The van der Waals surface area contributed by atoms with Gasteiger partial charge in [-0.15, -0.1) is 0 Å². The van der Waals surface area contributed by atoms with E-state index < -0.39 is 6.10 Å². The quantitative estimate of drug-likeness (QED) is 0.465. The van der Waals surface area contributed by atoms with Crippen LogP contribution in [0.25, 0.3) is 0 Å². The van der Waals surface area contributed by atoms with E-state index in [-0.39, 0.29) is 12.7 Å². The SMILES string of the molecule is CC(O)C=CO.CC(O)CCO. The first-order chi connectivity index (χ1) is 5.54. The minimum atomic E-state index is -0.532. The second kappa shape index (κ2) is 10.4. The Kier molecular flexibility index (Phi) is 12.1. The second-order valence-electron chi connectivity index (χ2n) is 2.44. The molecule has 0 saturated heterocycles. The summed E-state index contributed by atoms with van der Waals surface area (Å²) < 4.78 is 0. The van der Waals surface area contributed by atoms with Gasteiger partial charge in [-0.2, -0.15) is 0 Å². The Morgan fingerprint density at radius 1 is 1.25 bits per heavy atom. The number of hydrogen-bond donors (Lipinski definition) is 4. The summed E-state index contributed by atoms with van der Waals surface area (Å²) in [5.74, 6) is 0. The highest BCUT2D eigenvalue weighted by Crippen LogP contribution is 1.83. The second-order valence-corrected chi connectivity index (χ2v) is 2.44. The van der Waals surface area contributed by atoms with Crippen molar-refractivity contribution >= 4 is 0 Å². The molecule has 0 aliphatic carbocycles. The lowest BCUT2D eigenvalue weighted by Crippen LogP contribution is -2.00. The lowest BCUT2D eigenvalue weighted by Gasteiger charge is -1.95. The van der Waals surface area contributed by atoms with E-state index in [2.05, 4.69) is 0 Å². The fraction of sp³-hybridized carbons (Fsp3) is 0.750. The van der Waals surface area contributed by atoms with Crippen molar-refractivity contribution in [2.24, 2.45) is 0 Å². The van der Waals surface area contributed by atoms with Gasteiger partial charge >= 0.3 is 0 Å². The molecule has 0 bridgehead atoms. The summed E-state index contributed by atoms with van der Waals surface area (Å²) in [6.07, 6.45) is 1.70. The third-order valence-corrected chi connectivity index (χ3v) is 0.911. The number of rotatable bonds is 3. The zero-order valence-corrected chi connectivity index (χ0v) is 7.51. The van der Waals surface area contributed by atoms with Crippen molar-refractivity contribution in [2.45, 2.75) is 32.5 Å². The van der Waals surface area contributed by atoms with Crippen LogP contribution in [0, 0.1) is 0 Å². The van der Waals surface area contributed by atoms with Crippen LogP contribution in [0.2, 0.25) is 0 Å². The molecule has 0 amide bonds. The van der Waals surface area contributed by atoms with Gasteiger partial charge in [-0.3, -0.25) is 0 Å². The number of hydrogen-bond acceptors (Lipinski definition) is 4. The molecule has 0 aromatic rings. The van der Waals surface area contributed by atoms with Crippen LogP contribution < -0.4 is 0 Å². The molecule has 0 saturated carbocycles. The molecule has 12 heavy (non-hydrogen) atoms. The Bertz CT molecular complexity index is 99.2. The van der Waals surface area contributed by atoms with E-state index in [4.69, 9.17) is 20.4 Å². The summed E-state index contributed by atoms with van der Waals surface area (Å²) in [5, 5.41) is 32.7.